The van der Waals surface area contributed by atoms with E-state index in [-0.39, 0.29) is 11.7 Å². The van der Waals surface area contributed by atoms with Gasteiger partial charge in [-0.25, -0.2) is 0 Å². The molecule has 5 rings (SSSR count). The van der Waals surface area contributed by atoms with Crippen molar-refractivity contribution < 1.29 is 9.59 Å². The second-order valence-corrected chi connectivity index (χ2v) is 8.45. The summed E-state index contributed by atoms with van der Waals surface area (Å²) >= 11 is 0. The minimum atomic E-state index is -0.590. The number of fused-ring (bicyclic) bond motifs is 1. The van der Waals surface area contributed by atoms with Gasteiger partial charge in [-0.1, -0.05) is 30.3 Å². The maximum absolute atomic E-state index is 13.1. The lowest BCUT2D eigenvalue weighted by atomic mass is 10.1. The van der Waals surface area contributed by atoms with Gasteiger partial charge in [0.25, 0.3) is 5.91 Å². The Morgan fingerprint density at radius 1 is 1.19 bits per heavy atom. The number of aromatic amines is 1. The highest BCUT2D eigenvalue weighted by molar-refractivity contribution is 6.00. The van der Waals surface area contributed by atoms with Crippen LogP contribution in [0.1, 0.15) is 59.2 Å². The summed E-state index contributed by atoms with van der Waals surface area (Å²) in [5, 5.41) is 10.9. The van der Waals surface area contributed by atoms with Crippen molar-refractivity contribution in [1.29, 1.82) is 0 Å². The van der Waals surface area contributed by atoms with Crippen LogP contribution in [0.25, 0.3) is 0 Å². The topological polar surface area (TPSA) is 95.9 Å². The summed E-state index contributed by atoms with van der Waals surface area (Å²) in [6.07, 6.45) is 6.58. The van der Waals surface area contributed by atoms with Gasteiger partial charge in [-0.3, -0.25) is 14.5 Å². The number of rotatable bonds is 5. The van der Waals surface area contributed by atoms with Gasteiger partial charge in [0, 0.05) is 26.2 Å². The van der Waals surface area contributed by atoms with Gasteiger partial charge >= 0.3 is 0 Å². The number of nitrogens with zero attached hydrogens (tertiary/aromatic N) is 4. The summed E-state index contributed by atoms with van der Waals surface area (Å²) in [6.45, 7) is 0.829. The van der Waals surface area contributed by atoms with Crippen LogP contribution in [-0.4, -0.2) is 44.7 Å². The minimum Gasteiger partial charge on any atom is -0.337 e. The van der Waals surface area contributed by atoms with Crippen LogP contribution in [0.4, 0.5) is 5.82 Å². The molecule has 0 spiro atoms. The fraction of sp³-hybridized carbons (Fsp3) is 0.391. The zero-order valence-electron chi connectivity index (χ0n) is 17.5. The number of likely N-dealkylation sites (N-methyl/N-ethyl adjacent to an activating group) is 1. The maximum atomic E-state index is 13.1. The van der Waals surface area contributed by atoms with E-state index in [1.54, 1.807) is 11.9 Å². The molecular formula is C23H26N6O2. The Bertz CT molecular complexity index is 1100. The van der Waals surface area contributed by atoms with Gasteiger partial charge in [0.2, 0.25) is 11.7 Å². The van der Waals surface area contributed by atoms with E-state index in [9.17, 15) is 9.59 Å². The molecule has 31 heavy (non-hydrogen) atoms. The highest BCUT2D eigenvalue weighted by Crippen LogP contribution is 2.42. The van der Waals surface area contributed by atoms with Crippen molar-refractivity contribution in [2.75, 3.05) is 11.9 Å². The van der Waals surface area contributed by atoms with Crippen molar-refractivity contribution in [3.63, 3.8) is 0 Å². The maximum Gasteiger partial charge on any atom is 0.289 e. The molecule has 1 aliphatic carbocycles. The summed E-state index contributed by atoms with van der Waals surface area (Å²) in [5.41, 5.74) is 2.39. The average Bonchev–Trinajstić information content (AvgIpc) is 3.38. The smallest absolute Gasteiger partial charge is 0.289 e. The number of carbonyl (C=O) groups excluding carboxylic acids is 2. The molecule has 2 aromatic heterocycles. The quantitative estimate of drug-likeness (QED) is 0.666. The Kier molecular flexibility index (Phi) is 5.05. The SMILES string of the molecule is CN1C(=O)C(NC(=O)c2nnc(Cc3ccccc3)[nH]2)CCCn2cc(C3CC3)cc21. The van der Waals surface area contributed by atoms with E-state index in [1.165, 1.54) is 18.4 Å². The first-order chi connectivity index (χ1) is 15.1. The number of aromatic nitrogens is 4. The molecule has 0 saturated heterocycles. The van der Waals surface area contributed by atoms with Gasteiger partial charge < -0.3 is 14.9 Å². The molecule has 2 aliphatic rings. The van der Waals surface area contributed by atoms with Crippen LogP contribution in [0.15, 0.2) is 42.6 Å². The lowest BCUT2D eigenvalue weighted by Crippen LogP contribution is -2.49. The zero-order valence-corrected chi connectivity index (χ0v) is 17.5. The predicted molar refractivity (Wildman–Crippen MR) is 116 cm³/mol. The molecule has 1 aliphatic heterocycles. The zero-order chi connectivity index (χ0) is 21.4. The van der Waals surface area contributed by atoms with Crippen LogP contribution < -0.4 is 10.2 Å². The van der Waals surface area contributed by atoms with Gasteiger partial charge in [0.1, 0.15) is 17.7 Å². The van der Waals surface area contributed by atoms with E-state index in [1.807, 2.05) is 30.3 Å². The lowest BCUT2D eigenvalue weighted by molar-refractivity contribution is -0.120. The Hall–Kier alpha value is -3.42. The van der Waals surface area contributed by atoms with E-state index in [2.05, 4.69) is 37.3 Å². The fourth-order valence-corrected chi connectivity index (χ4v) is 4.19. The number of amides is 2. The Balaban J connectivity index is 1.27. The summed E-state index contributed by atoms with van der Waals surface area (Å²) in [4.78, 5) is 30.5. The Labute approximate surface area is 180 Å². The molecule has 1 atom stereocenters. The molecule has 0 radical (unpaired) electrons. The molecule has 1 fully saturated rings. The highest BCUT2D eigenvalue weighted by atomic mass is 16.2. The molecule has 2 amide bonds. The molecule has 0 bridgehead atoms. The first-order valence-corrected chi connectivity index (χ1v) is 10.8. The Morgan fingerprint density at radius 2 is 2.00 bits per heavy atom. The fourth-order valence-electron chi connectivity index (χ4n) is 4.19. The summed E-state index contributed by atoms with van der Waals surface area (Å²) in [5.74, 6) is 1.75. The number of anilines is 1. The van der Waals surface area contributed by atoms with Crippen LogP contribution in [-0.2, 0) is 17.8 Å². The molecular weight excluding hydrogens is 392 g/mol. The van der Waals surface area contributed by atoms with E-state index in [0.29, 0.717) is 24.6 Å². The predicted octanol–water partition coefficient (Wildman–Crippen LogP) is 2.63. The second kappa shape index (κ2) is 8.02. The van der Waals surface area contributed by atoms with Crippen molar-refractivity contribution >= 4 is 17.6 Å². The van der Waals surface area contributed by atoms with E-state index in [4.69, 9.17) is 0 Å². The first kappa shape index (κ1) is 19.5. The van der Waals surface area contributed by atoms with Crippen molar-refractivity contribution in [2.45, 2.75) is 50.6 Å². The Morgan fingerprint density at radius 3 is 2.77 bits per heavy atom. The molecule has 8 nitrogen and oxygen atoms in total. The average molecular weight is 419 g/mol. The monoisotopic (exact) mass is 418 g/mol. The van der Waals surface area contributed by atoms with Crippen LogP contribution in [0, 0.1) is 0 Å². The van der Waals surface area contributed by atoms with Gasteiger partial charge in [0.05, 0.1) is 0 Å². The normalized spacial score (nSPS) is 18.9. The number of carbonyl (C=O) groups is 2. The summed E-state index contributed by atoms with van der Waals surface area (Å²) < 4.78 is 2.16. The molecule has 160 valence electrons. The molecule has 8 heteroatoms. The molecule has 1 aromatic carbocycles. The van der Waals surface area contributed by atoms with Gasteiger partial charge in [-0.15, -0.1) is 10.2 Å². The number of hydrogen-bond acceptors (Lipinski definition) is 4. The molecule has 3 heterocycles. The standard InChI is InChI=1S/C23H26N6O2/c1-28-20-13-17(16-9-10-16)14-29(20)11-5-8-18(23(28)31)24-22(30)21-25-19(26-27-21)12-15-6-3-2-4-7-15/h2-4,6-7,13-14,16,18H,5,8-12H2,1H3,(H,24,30)(H,25,26,27). The third-order valence-electron chi connectivity index (χ3n) is 6.08. The summed E-state index contributed by atoms with van der Waals surface area (Å²) in [7, 11) is 1.78. The van der Waals surface area contributed by atoms with Gasteiger partial charge in [-0.05, 0) is 48.8 Å². The van der Waals surface area contributed by atoms with Crippen molar-refractivity contribution in [3.05, 3.63) is 65.4 Å². The second-order valence-electron chi connectivity index (χ2n) is 8.45. The third-order valence-corrected chi connectivity index (χ3v) is 6.08. The van der Waals surface area contributed by atoms with E-state index >= 15 is 0 Å². The number of benzene rings is 1. The molecule has 3 aromatic rings. The number of aryl methyl sites for hydroxylation is 1. The van der Waals surface area contributed by atoms with Crippen LogP contribution in [0.5, 0.6) is 0 Å². The molecule has 2 N–H and O–H groups in total. The van der Waals surface area contributed by atoms with Crippen molar-refractivity contribution in [1.82, 2.24) is 25.1 Å². The van der Waals surface area contributed by atoms with E-state index in [0.717, 1.165) is 24.3 Å². The van der Waals surface area contributed by atoms with E-state index < -0.39 is 11.9 Å². The minimum absolute atomic E-state index is 0.112. The largest absolute Gasteiger partial charge is 0.337 e. The number of hydrogen-bond donors (Lipinski definition) is 2. The highest BCUT2D eigenvalue weighted by Gasteiger charge is 2.31. The third kappa shape index (κ3) is 4.10. The van der Waals surface area contributed by atoms with Crippen LogP contribution >= 0.6 is 0 Å². The molecule has 1 unspecified atom stereocenters. The number of H-pyrrole nitrogens is 1. The molecule has 1 saturated carbocycles. The number of nitrogens with one attached hydrogen (secondary N) is 2. The van der Waals surface area contributed by atoms with Crippen molar-refractivity contribution in [2.24, 2.45) is 0 Å². The van der Waals surface area contributed by atoms with Crippen LogP contribution in [0.2, 0.25) is 0 Å². The first-order valence-electron chi connectivity index (χ1n) is 10.8. The van der Waals surface area contributed by atoms with Gasteiger partial charge in [-0.2, -0.15) is 0 Å². The lowest BCUT2D eigenvalue weighted by Gasteiger charge is -2.28. The van der Waals surface area contributed by atoms with Crippen LogP contribution in [0.3, 0.4) is 0 Å². The van der Waals surface area contributed by atoms with Crippen molar-refractivity contribution in [3.8, 4) is 0 Å². The summed E-state index contributed by atoms with van der Waals surface area (Å²) in [6, 6.07) is 11.4. The van der Waals surface area contributed by atoms with Gasteiger partial charge in [0.15, 0.2) is 0 Å².